The van der Waals surface area contributed by atoms with Crippen molar-refractivity contribution in [3.8, 4) is 17.0 Å². The Morgan fingerprint density at radius 2 is 2.12 bits per heavy atom. The Bertz CT molecular complexity index is 868. The Labute approximate surface area is 145 Å². The molecule has 7 nitrogen and oxygen atoms in total. The normalized spacial score (nSPS) is 10.9. The number of ether oxygens (including phenoxy) is 1. The molecule has 2 heterocycles. The Hall–Kier alpha value is -2.87. The highest BCUT2D eigenvalue weighted by Crippen LogP contribution is 2.22. The first kappa shape index (κ1) is 16.0. The fraction of sp³-hybridized carbons (Fsp3) is 0.0625. The molecule has 0 atom stereocenters. The fourth-order valence-corrected chi connectivity index (χ4v) is 2.34. The van der Waals surface area contributed by atoms with Crippen molar-refractivity contribution in [1.29, 1.82) is 0 Å². The van der Waals surface area contributed by atoms with Crippen LogP contribution in [0.3, 0.4) is 0 Å². The van der Waals surface area contributed by atoms with Gasteiger partial charge in [-0.15, -0.1) is 0 Å². The number of aromatic amines is 1. The summed E-state index contributed by atoms with van der Waals surface area (Å²) in [4.78, 5) is 11.8. The Kier molecular flexibility index (Phi) is 4.76. The van der Waals surface area contributed by atoms with Gasteiger partial charge in [-0.05, 0) is 52.3 Å². The third kappa shape index (κ3) is 3.54. The standard InChI is InChI=1S/C16H13BrN4O3/c1-23-12-4-2-10(3-5-12)15-11(8-18-20-15)9-19-21-16(22)13-6-7-14(17)24-13/h2-9H,1H3,(H,18,20)(H,21,22). The predicted molar refractivity (Wildman–Crippen MR) is 92.0 cm³/mol. The number of carbonyl (C=O) groups excluding carboxylic acids is 1. The predicted octanol–water partition coefficient (Wildman–Crippen LogP) is 3.20. The fourth-order valence-electron chi connectivity index (χ4n) is 2.03. The van der Waals surface area contributed by atoms with E-state index < -0.39 is 5.91 Å². The van der Waals surface area contributed by atoms with Crippen LogP contribution in [0, 0.1) is 0 Å². The van der Waals surface area contributed by atoms with Crippen LogP contribution in [0.2, 0.25) is 0 Å². The number of halogens is 1. The van der Waals surface area contributed by atoms with Crippen LogP contribution in [0.1, 0.15) is 16.1 Å². The van der Waals surface area contributed by atoms with E-state index in [0.717, 1.165) is 22.6 Å². The highest BCUT2D eigenvalue weighted by molar-refractivity contribution is 9.10. The van der Waals surface area contributed by atoms with Gasteiger partial charge in [0.15, 0.2) is 10.4 Å². The van der Waals surface area contributed by atoms with Gasteiger partial charge in [0.25, 0.3) is 0 Å². The summed E-state index contributed by atoms with van der Waals surface area (Å²) in [5.74, 6) is 0.499. The van der Waals surface area contributed by atoms with Gasteiger partial charge in [0, 0.05) is 11.1 Å². The highest BCUT2D eigenvalue weighted by Gasteiger charge is 2.10. The molecular formula is C16H13BrN4O3. The minimum absolute atomic E-state index is 0.168. The van der Waals surface area contributed by atoms with Crippen LogP contribution in [0.15, 0.2) is 56.8 Å². The third-order valence-corrected chi connectivity index (χ3v) is 3.64. The zero-order valence-electron chi connectivity index (χ0n) is 12.6. The summed E-state index contributed by atoms with van der Waals surface area (Å²) in [6.45, 7) is 0. The lowest BCUT2D eigenvalue weighted by Gasteiger charge is -2.02. The molecule has 0 radical (unpaired) electrons. The summed E-state index contributed by atoms with van der Waals surface area (Å²) in [5, 5.41) is 10.9. The van der Waals surface area contributed by atoms with E-state index in [0.29, 0.717) is 4.67 Å². The number of aromatic nitrogens is 2. The van der Waals surface area contributed by atoms with Gasteiger partial charge in [-0.2, -0.15) is 10.2 Å². The van der Waals surface area contributed by atoms with Gasteiger partial charge in [0.05, 0.1) is 25.2 Å². The largest absolute Gasteiger partial charge is 0.497 e. The number of nitrogens with one attached hydrogen (secondary N) is 2. The summed E-state index contributed by atoms with van der Waals surface area (Å²) in [6.07, 6.45) is 3.14. The Morgan fingerprint density at radius 1 is 1.33 bits per heavy atom. The van der Waals surface area contributed by atoms with E-state index in [2.05, 4.69) is 36.7 Å². The van der Waals surface area contributed by atoms with Crippen molar-refractivity contribution in [2.75, 3.05) is 7.11 Å². The number of furan rings is 1. The zero-order valence-corrected chi connectivity index (χ0v) is 14.2. The van der Waals surface area contributed by atoms with Crippen molar-refractivity contribution >= 4 is 28.1 Å². The molecule has 2 aromatic heterocycles. The molecule has 0 saturated carbocycles. The van der Waals surface area contributed by atoms with Crippen molar-refractivity contribution < 1.29 is 13.9 Å². The van der Waals surface area contributed by atoms with E-state index in [1.165, 1.54) is 6.21 Å². The van der Waals surface area contributed by atoms with E-state index in [9.17, 15) is 4.79 Å². The van der Waals surface area contributed by atoms with Crippen molar-refractivity contribution in [3.63, 3.8) is 0 Å². The lowest BCUT2D eigenvalue weighted by molar-refractivity contribution is 0.0926. The molecule has 0 bridgehead atoms. The number of amides is 1. The first-order chi connectivity index (χ1) is 11.7. The van der Waals surface area contributed by atoms with Gasteiger partial charge in [0.2, 0.25) is 0 Å². The molecule has 122 valence electrons. The van der Waals surface area contributed by atoms with Gasteiger partial charge in [-0.1, -0.05) is 0 Å². The van der Waals surface area contributed by atoms with Crippen LogP contribution >= 0.6 is 15.9 Å². The molecule has 2 N–H and O–H groups in total. The van der Waals surface area contributed by atoms with Crippen LogP contribution in [-0.4, -0.2) is 29.4 Å². The summed E-state index contributed by atoms with van der Waals surface area (Å²) in [5.41, 5.74) is 4.85. The van der Waals surface area contributed by atoms with Crippen molar-refractivity contribution in [1.82, 2.24) is 15.6 Å². The molecule has 8 heteroatoms. The lowest BCUT2D eigenvalue weighted by atomic mass is 10.1. The molecular weight excluding hydrogens is 376 g/mol. The summed E-state index contributed by atoms with van der Waals surface area (Å²) in [7, 11) is 1.61. The first-order valence-electron chi connectivity index (χ1n) is 6.94. The number of benzene rings is 1. The molecule has 0 aliphatic carbocycles. The summed E-state index contributed by atoms with van der Waals surface area (Å²) < 4.78 is 10.8. The van der Waals surface area contributed by atoms with E-state index in [1.807, 2.05) is 24.3 Å². The molecule has 3 aromatic rings. The number of carbonyl (C=O) groups is 1. The van der Waals surface area contributed by atoms with Crippen LogP contribution in [-0.2, 0) is 0 Å². The first-order valence-corrected chi connectivity index (χ1v) is 7.73. The SMILES string of the molecule is COc1ccc(-c2[nH]ncc2C=NNC(=O)c2ccc(Br)o2)cc1. The van der Waals surface area contributed by atoms with Gasteiger partial charge in [0.1, 0.15) is 5.75 Å². The van der Waals surface area contributed by atoms with Crippen molar-refractivity contribution in [2.24, 2.45) is 5.10 Å². The minimum Gasteiger partial charge on any atom is -0.497 e. The number of rotatable bonds is 5. The van der Waals surface area contributed by atoms with Crippen LogP contribution < -0.4 is 10.2 Å². The average molecular weight is 389 g/mol. The molecule has 0 aliphatic heterocycles. The molecule has 0 saturated heterocycles. The summed E-state index contributed by atoms with van der Waals surface area (Å²) in [6, 6.07) is 10.7. The van der Waals surface area contributed by atoms with Gasteiger partial charge in [-0.25, -0.2) is 5.43 Å². The monoisotopic (exact) mass is 388 g/mol. The molecule has 3 rings (SSSR count). The molecule has 1 amide bonds. The second kappa shape index (κ2) is 7.14. The number of nitrogens with zero attached hydrogens (tertiary/aromatic N) is 2. The Balaban J connectivity index is 1.71. The van der Waals surface area contributed by atoms with Crippen LogP contribution in [0.4, 0.5) is 0 Å². The maximum Gasteiger partial charge on any atom is 0.307 e. The smallest absolute Gasteiger partial charge is 0.307 e. The van der Waals surface area contributed by atoms with Crippen molar-refractivity contribution in [2.45, 2.75) is 0 Å². The van der Waals surface area contributed by atoms with Crippen molar-refractivity contribution in [3.05, 3.63) is 58.6 Å². The number of hydrazone groups is 1. The molecule has 0 fully saturated rings. The van der Waals surface area contributed by atoms with E-state index in [4.69, 9.17) is 9.15 Å². The molecule has 0 unspecified atom stereocenters. The molecule has 1 aromatic carbocycles. The number of H-pyrrole nitrogens is 1. The Morgan fingerprint density at radius 3 is 2.79 bits per heavy atom. The molecule has 24 heavy (non-hydrogen) atoms. The topological polar surface area (TPSA) is 92.5 Å². The quantitative estimate of drug-likeness (QED) is 0.518. The second-order valence-electron chi connectivity index (χ2n) is 4.73. The van der Waals surface area contributed by atoms with E-state index in [-0.39, 0.29) is 5.76 Å². The average Bonchev–Trinajstić information content (AvgIpc) is 3.24. The van der Waals surface area contributed by atoms with E-state index >= 15 is 0 Å². The van der Waals surface area contributed by atoms with Gasteiger partial charge < -0.3 is 9.15 Å². The number of methoxy groups -OCH3 is 1. The molecule has 0 spiro atoms. The van der Waals surface area contributed by atoms with Crippen LogP contribution in [0.25, 0.3) is 11.3 Å². The number of hydrogen-bond donors (Lipinski definition) is 2. The number of hydrogen-bond acceptors (Lipinski definition) is 5. The second-order valence-corrected chi connectivity index (χ2v) is 5.51. The highest BCUT2D eigenvalue weighted by atomic mass is 79.9. The van der Waals surface area contributed by atoms with Gasteiger partial charge >= 0.3 is 5.91 Å². The van der Waals surface area contributed by atoms with E-state index in [1.54, 1.807) is 25.4 Å². The summed E-state index contributed by atoms with van der Waals surface area (Å²) >= 11 is 3.14. The minimum atomic E-state index is -0.438. The third-order valence-electron chi connectivity index (χ3n) is 3.21. The van der Waals surface area contributed by atoms with Crippen LogP contribution in [0.5, 0.6) is 5.75 Å². The zero-order chi connectivity index (χ0) is 16.9. The maximum atomic E-state index is 11.8. The van der Waals surface area contributed by atoms with Gasteiger partial charge in [-0.3, -0.25) is 9.89 Å². The maximum absolute atomic E-state index is 11.8. The molecule has 0 aliphatic rings. The lowest BCUT2D eigenvalue weighted by Crippen LogP contribution is -2.16.